The van der Waals surface area contributed by atoms with Crippen LogP contribution >= 0.6 is 0 Å². The number of nitrogens with zero attached hydrogens (tertiary/aromatic N) is 1. The molecule has 1 amide bonds. The Kier molecular flexibility index (Phi) is 6.71. The van der Waals surface area contributed by atoms with E-state index in [1.807, 2.05) is 31.2 Å². The topological polar surface area (TPSA) is 75.7 Å². The lowest BCUT2D eigenvalue weighted by atomic mass is 10.2. The van der Waals surface area contributed by atoms with Crippen LogP contribution in [0.15, 0.2) is 53.4 Å². The van der Waals surface area contributed by atoms with Crippen molar-refractivity contribution in [2.45, 2.75) is 31.1 Å². The number of piperidine rings is 1. The van der Waals surface area contributed by atoms with Crippen molar-refractivity contribution < 1.29 is 17.9 Å². The molecule has 1 saturated heterocycles. The number of amides is 1. The highest BCUT2D eigenvalue weighted by molar-refractivity contribution is 7.89. The summed E-state index contributed by atoms with van der Waals surface area (Å²) < 4.78 is 32.4. The van der Waals surface area contributed by atoms with Crippen LogP contribution in [0.5, 0.6) is 5.75 Å². The molecule has 0 bridgehead atoms. The Balaban J connectivity index is 1.73. The smallest absolute Gasteiger partial charge is 0.248 e. The second kappa shape index (κ2) is 9.24. The van der Waals surface area contributed by atoms with Gasteiger partial charge in [-0.3, -0.25) is 4.79 Å². The third-order valence-electron chi connectivity index (χ3n) is 4.96. The van der Waals surface area contributed by atoms with E-state index >= 15 is 0 Å². The summed E-state index contributed by atoms with van der Waals surface area (Å²) in [6.45, 7) is 2.92. The molecule has 29 heavy (non-hydrogen) atoms. The maximum atomic E-state index is 12.9. The molecule has 3 rings (SSSR count). The van der Waals surface area contributed by atoms with Gasteiger partial charge in [0, 0.05) is 24.9 Å². The maximum absolute atomic E-state index is 12.9. The van der Waals surface area contributed by atoms with Gasteiger partial charge in [0.15, 0.2) is 0 Å². The van der Waals surface area contributed by atoms with E-state index in [4.69, 9.17) is 4.74 Å². The van der Waals surface area contributed by atoms with Crippen molar-refractivity contribution in [1.82, 2.24) is 4.31 Å². The second-order valence-electron chi connectivity index (χ2n) is 7.04. The highest BCUT2D eigenvalue weighted by atomic mass is 32.2. The zero-order chi connectivity index (χ0) is 20.9. The van der Waals surface area contributed by atoms with Crippen molar-refractivity contribution in [3.63, 3.8) is 0 Å². The summed E-state index contributed by atoms with van der Waals surface area (Å²) in [7, 11) is -1.95. The molecule has 6 nitrogen and oxygen atoms in total. The SMILES string of the molecule is COc1ccc(C=CC(=O)Nc2cc(S(=O)(=O)N3CCCCC3)ccc2C)cc1. The Labute approximate surface area is 172 Å². The Morgan fingerprint density at radius 2 is 1.76 bits per heavy atom. The van der Waals surface area contributed by atoms with Crippen LogP contribution in [0.4, 0.5) is 5.69 Å². The Morgan fingerprint density at radius 1 is 1.07 bits per heavy atom. The lowest BCUT2D eigenvalue weighted by molar-refractivity contribution is -0.111. The number of carbonyl (C=O) groups is 1. The summed E-state index contributed by atoms with van der Waals surface area (Å²) in [6.07, 6.45) is 5.93. The lowest BCUT2D eigenvalue weighted by Crippen LogP contribution is -2.35. The van der Waals surface area contributed by atoms with Gasteiger partial charge in [-0.15, -0.1) is 0 Å². The summed E-state index contributed by atoms with van der Waals surface area (Å²) in [5, 5.41) is 2.79. The maximum Gasteiger partial charge on any atom is 0.248 e. The van der Waals surface area contributed by atoms with Crippen molar-refractivity contribution in [1.29, 1.82) is 0 Å². The van der Waals surface area contributed by atoms with Gasteiger partial charge in [-0.2, -0.15) is 4.31 Å². The summed E-state index contributed by atoms with van der Waals surface area (Å²) in [5.74, 6) is 0.422. The fraction of sp³-hybridized carbons (Fsp3) is 0.318. The molecular formula is C22H26N2O4S. The molecule has 2 aromatic rings. The molecule has 1 heterocycles. The van der Waals surface area contributed by atoms with Gasteiger partial charge in [0.2, 0.25) is 15.9 Å². The largest absolute Gasteiger partial charge is 0.497 e. The van der Waals surface area contributed by atoms with Gasteiger partial charge >= 0.3 is 0 Å². The van der Waals surface area contributed by atoms with Crippen LogP contribution in [0.25, 0.3) is 6.08 Å². The number of ether oxygens (including phenoxy) is 1. The molecule has 0 unspecified atom stereocenters. The number of methoxy groups -OCH3 is 1. The summed E-state index contributed by atoms with van der Waals surface area (Å²) in [5.41, 5.74) is 2.15. The number of nitrogens with one attached hydrogen (secondary N) is 1. The van der Waals surface area contributed by atoms with E-state index in [1.165, 1.54) is 10.4 Å². The minimum Gasteiger partial charge on any atom is -0.497 e. The molecule has 2 aromatic carbocycles. The van der Waals surface area contributed by atoms with E-state index in [0.29, 0.717) is 18.8 Å². The Bertz CT molecular complexity index is 992. The highest BCUT2D eigenvalue weighted by Crippen LogP contribution is 2.25. The third kappa shape index (κ3) is 5.25. The fourth-order valence-corrected chi connectivity index (χ4v) is 4.76. The number of anilines is 1. The quantitative estimate of drug-likeness (QED) is 0.729. The van der Waals surface area contributed by atoms with Crippen molar-refractivity contribution in [2.24, 2.45) is 0 Å². The lowest BCUT2D eigenvalue weighted by Gasteiger charge is -2.26. The van der Waals surface area contributed by atoms with Gasteiger partial charge in [0.05, 0.1) is 12.0 Å². The Morgan fingerprint density at radius 3 is 2.41 bits per heavy atom. The summed E-state index contributed by atoms with van der Waals surface area (Å²) in [4.78, 5) is 12.5. The van der Waals surface area contributed by atoms with Crippen LogP contribution in [0.1, 0.15) is 30.4 Å². The average Bonchev–Trinajstić information content (AvgIpc) is 2.74. The number of hydrogen-bond acceptors (Lipinski definition) is 4. The van der Waals surface area contributed by atoms with Gasteiger partial charge in [-0.05, 0) is 61.2 Å². The predicted octanol–water partition coefficient (Wildman–Crippen LogP) is 3.83. The zero-order valence-electron chi connectivity index (χ0n) is 16.7. The van der Waals surface area contributed by atoms with Crippen molar-refractivity contribution in [3.8, 4) is 5.75 Å². The molecule has 0 aliphatic carbocycles. The van der Waals surface area contributed by atoms with E-state index in [1.54, 1.807) is 31.4 Å². The molecule has 1 N–H and O–H groups in total. The molecule has 0 atom stereocenters. The monoisotopic (exact) mass is 414 g/mol. The molecule has 1 aliphatic rings. The molecule has 1 fully saturated rings. The minimum atomic E-state index is -3.55. The van der Waals surface area contributed by atoms with E-state index in [0.717, 1.165) is 36.1 Å². The average molecular weight is 415 g/mol. The molecule has 1 aliphatic heterocycles. The first-order valence-electron chi connectivity index (χ1n) is 9.64. The first kappa shape index (κ1) is 21.1. The van der Waals surface area contributed by atoms with Crippen LogP contribution in [0.2, 0.25) is 0 Å². The van der Waals surface area contributed by atoms with E-state index in [9.17, 15) is 13.2 Å². The normalized spacial score (nSPS) is 15.4. The number of sulfonamides is 1. The number of benzene rings is 2. The van der Waals surface area contributed by atoms with Crippen LogP contribution in [-0.2, 0) is 14.8 Å². The van der Waals surface area contributed by atoms with Crippen LogP contribution in [0, 0.1) is 6.92 Å². The molecule has 0 aromatic heterocycles. The highest BCUT2D eigenvalue weighted by Gasteiger charge is 2.26. The molecule has 7 heteroatoms. The van der Waals surface area contributed by atoms with Crippen molar-refractivity contribution in [3.05, 3.63) is 59.7 Å². The number of hydrogen-bond donors (Lipinski definition) is 1. The van der Waals surface area contributed by atoms with Gasteiger partial charge < -0.3 is 10.1 Å². The minimum absolute atomic E-state index is 0.208. The van der Waals surface area contributed by atoms with E-state index < -0.39 is 10.0 Å². The third-order valence-corrected chi connectivity index (χ3v) is 6.86. The first-order chi connectivity index (χ1) is 13.9. The number of carbonyl (C=O) groups excluding carboxylic acids is 1. The van der Waals surface area contributed by atoms with Gasteiger partial charge in [-0.1, -0.05) is 24.6 Å². The molecule has 0 saturated carbocycles. The van der Waals surface area contributed by atoms with Crippen molar-refractivity contribution in [2.75, 3.05) is 25.5 Å². The van der Waals surface area contributed by atoms with Crippen LogP contribution in [0.3, 0.4) is 0 Å². The fourth-order valence-electron chi connectivity index (χ4n) is 3.21. The first-order valence-corrected chi connectivity index (χ1v) is 11.1. The molecule has 154 valence electrons. The van der Waals surface area contributed by atoms with Crippen LogP contribution in [-0.4, -0.2) is 38.8 Å². The molecule has 0 radical (unpaired) electrons. The zero-order valence-corrected chi connectivity index (χ0v) is 17.5. The Hall–Kier alpha value is -2.64. The van der Waals surface area contributed by atoms with E-state index in [2.05, 4.69) is 5.32 Å². The second-order valence-corrected chi connectivity index (χ2v) is 8.98. The number of aryl methyl sites for hydroxylation is 1. The summed E-state index contributed by atoms with van der Waals surface area (Å²) >= 11 is 0. The number of rotatable bonds is 6. The van der Waals surface area contributed by atoms with Crippen molar-refractivity contribution >= 4 is 27.7 Å². The van der Waals surface area contributed by atoms with Crippen LogP contribution < -0.4 is 10.1 Å². The molecular weight excluding hydrogens is 388 g/mol. The predicted molar refractivity (Wildman–Crippen MR) is 114 cm³/mol. The van der Waals surface area contributed by atoms with Gasteiger partial charge in [0.1, 0.15) is 5.75 Å². The van der Waals surface area contributed by atoms with E-state index in [-0.39, 0.29) is 10.8 Å². The summed E-state index contributed by atoms with van der Waals surface area (Å²) in [6, 6.07) is 12.2. The van der Waals surface area contributed by atoms with Gasteiger partial charge in [0.25, 0.3) is 0 Å². The molecule has 0 spiro atoms. The standard InChI is InChI=1S/C22H26N2O4S/c1-17-6-12-20(29(26,27)24-14-4-3-5-15-24)16-21(17)23-22(25)13-9-18-7-10-19(28-2)11-8-18/h6-13,16H,3-5,14-15H2,1-2H3,(H,23,25). The van der Waals surface area contributed by atoms with Gasteiger partial charge in [-0.25, -0.2) is 8.42 Å².